The summed E-state index contributed by atoms with van der Waals surface area (Å²) in [5.74, 6) is 0.253. The van der Waals surface area contributed by atoms with Crippen LogP contribution in [0.4, 0.5) is 10.8 Å². The van der Waals surface area contributed by atoms with Crippen molar-refractivity contribution in [2.45, 2.75) is 34.8 Å². The number of hydrogen-bond donors (Lipinski definition) is 2. The first-order valence-corrected chi connectivity index (χ1v) is 13.2. The third-order valence-electron chi connectivity index (χ3n) is 6.73. The van der Waals surface area contributed by atoms with E-state index in [0.29, 0.717) is 46.9 Å². The van der Waals surface area contributed by atoms with Crippen LogP contribution < -0.4 is 16.0 Å². The van der Waals surface area contributed by atoms with Crippen LogP contribution in [0.5, 0.6) is 0 Å². The summed E-state index contributed by atoms with van der Waals surface area (Å²) in [4.78, 5) is 28.7. The van der Waals surface area contributed by atoms with Crippen molar-refractivity contribution in [2.24, 2.45) is 5.73 Å². The molecular formula is C26H20N6O2S2. The zero-order chi connectivity index (χ0) is 24.9. The molecule has 3 aliphatic rings. The number of nitriles is 1. The lowest BCUT2D eigenvalue weighted by atomic mass is 9.64. The SMILES string of the molecule is N#CC1=C(N)N(c2nnc(SCc3ccccc3)s2)C2=C(C(=O)CCC2)[C@]12C(=O)Nc1ccccc12. The monoisotopic (exact) mass is 512 g/mol. The highest BCUT2D eigenvalue weighted by Gasteiger charge is 2.60. The molecule has 0 radical (unpaired) electrons. The first-order valence-electron chi connectivity index (χ1n) is 11.4. The Labute approximate surface area is 215 Å². The fourth-order valence-electron chi connectivity index (χ4n) is 5.23. The number of hydrogen-bond acceptors (Lipinski definition) is 9. The second-order valence-corrected chi connectivity index (χ2v) is 10.9. The van der Waals surface area contributed by atoms with E-state index in [-0.39, 0.29) is 17.2 Å². The van der Waals surface area contributed by atoms with Crippen LogP contribution in [0.1, 0.15) is 30.4 Å². The van der Waals surface area contributed by atoms with Gasteiger partial charge in [-0.2, -0.15) is 5.26 Å². The number of anilines is 2. The Kier molecular flexibility index (Phi) is 5.39. The summed E-state index contributed by atoms with van der Waals surface area (Å²) in [6.07, 6.45) is 1.46. The van der Waals surface area contributed by atoms with Gasteiger partial charge in [0.05, 0.1) is 5.57 Å². The minimum Gasteiger partial charge on any atom is -0.384 e. The number of benzene rings is 2. The zero-order valence-corrected chi connectivity index (χ0v) is 20.7. The summed E-state index contributed by atoms with van der Waals surface area (Å²) >= 11 is 2.90. The molecule has 2 aliphatic heterocycles. The molecule has 1 aliphatic carbocycles. The van der Waals surface area contributed by atoms with Crippen LogP contribution in [0.2, 0.25) is 0 Å². The van der Waals surface area contributed by atoms with Gasteiger partial charge >= 0.3 is 0 Å². The summed E-state index contributed by atoms with van der Waals surface area (Å²) in [6.45, 7) is 0. The average molecular weight is 513 g/mol. The number of nitrogens with one attached hydrogen (secondary N) is 1. The molecule has 1 aromatic heterocycles. The summed E-state index contributed by atoms with van der Waals surface area (Å²) in [5, 5.41) is 22.4. The largest absolute Gasteiger partial charge is 0.384 e. The standard InChI is InChI=1S/C26H20N6O2S2/c27-13-17-22(28)32(24-30-31-25(36-24)35-14-15-7-2-1-3-8-15)19-11-6-12-20(33)21(19)26(17)16-9-4-5-10-18(16)29-23(26)34/h1-5,7-10H,6,11-12,14,28H2,(H,29,34)/t26-/m1/s1. The second kappa shape index (κ2) is 8.62. The van der Waals surface area contributed by atoms with E-state index in [9.17, 15) is 14.9 Å². The molecule has 10 heteroatoms. The molecule has 3 heterocycles. The number of carbonyl (C=O) groups excluding carboxylic acids is 2. The molecule has 0 unspecified atom stereocenters. The van der Waals surface area contributed by atoms with Crippen molar-refractivity contribution in [1.29, 1.82) is 5.26 Å². The van der Waals surface area contributed by atoms with E-state index in [1.807, 2.05) is 30.3 Å². The predicted octanol–water partition coefficient (Wildman–Crippen LogP) is 4.24. The van der Waals surface area contributed by atoms with E-state index < -0.39 is 11.3 Å². The molecule has 3 aromatic rings. The van der Waals surface area contributed by atoms with Crippen molar-refractivity contribution in [3.63, 3.8) is 0 Å². The lowest BCUT2D eigenvalue weighted by Crippen LogP contribution is -2.50. The maximum Gasteiger partial charge on any atom is 0.245 e. The molecule has 6 rings (SSSR count). The summed E-state index contributed by atoms with van der Waals surface area (Å²) in [5.41, 5.74) is 8.38. The molecule has 178 valence electrons. The topological polar surface area (TPSA) is 125 Å². The normalized spacial score (nSPS) is 20.9. The highest BCUT2D eigenvalue weighted by Crippen LogP contribution is 2.55. The Balaban J connectivity index is 1.48. The maximum absolute atomic E-state index is 13.6. The Morgan fingerprint density at radius 3 is 2.69 bits per heavy atom. The summed E-state index contributed by atoms with van der Waals surface area (Å²) < 4.78 is 0.744. The Morgan fingerprint density at radius 2 is 1.89 bits per heavy atom. The number of aromatic nitrogens is 2. The van der Waals surface area contributed by atoms with Gasteiger partial charge in [0.25, 0.3) is 0 Å². The fourth-order valence-corrected chi connectivity index (χ4v) is 7.07. The predicted molar refractivity (Wildman–Crippen MR) is 138 cm³/mol. The molecule has 2 aromatic carbocycles. The number of amides is 1. The summed E-state index contributed by atoms with van der Waals surface area (Å²) in [7, 11) is 0. The van der Waals surface area contributed by atoms with Gasteiger partial charge in [-0.15, -0.1) is 10.2 Å². The van der Waals surface area contributed by atoms with Gasteiger partial charge in [-0.25, -0.2) is 0 Å². The second-order valence-electron chi connectivity index (χ2n) is 8.68. The maximum atomic E-state index is 13.6. The lowest BCUT2D eigenvalue weighted by molar-refractivity contribution is -0.122. The molecule has 0 saturated heterocycles. The van der Waals surface area contributed by atoms with Crippen LogP contribution in [0.15, 0.2) is 81.6 Å². The molecule has 3 N–H and O–H groups in total. The number of para-hydroxylation sites is 1. The van der Waals surface area contributed by atoms with Crippen LogP contribution in [0.25, 0.3) is 0 Å². The molecule has 1 atom stereocenters. The van der Waals surface area contributed by atoms with Gasteiger partial charge < -0.3 is 11.1 Å². The molecule has 0 saturated carbocycles. The van der Waals surface area contributed by atoms with E-state index in [0.717, 1.165) is 10.1 Å². The Bertz CT molecular complexity index is 1520. The Morgan fingerprint density at radius 1 is 1.11 bits per heavy atom. The van der Waals surface area contributed by atoms with Crippen LogP contribution in [-0.2, 0) is 20.8 Å². The van der Waals surface area contributed by atoms with E-state index in [1.54, 1.807) is 40.9 Å². The number of allylic oxidation sites excluding steroid dienone is 1. The van der Waals surface area contributed by atoms with Crippen molar-refractivity contribution in [3.05, 3.63) is 88.4 Å². The first-order chi connectivity index (χ1) is 17.6. The molecule has 36 heavy (non-hydrogen) atoms. The van der Waals surface area contributed by atoms with Gasteiger partial charge in [-0.05, 0) is 24.5 Å². The minimum absolute atomic E-state index is 0.0349. The van der Waals surface area contributed by atoms with Crippen LogP contribution >= 0.6 is 23.1 Å². The third-order valence-corrected chi connectivity index (χ3v) is 8.84. The lowest BCUT2D eigenvalue weighted by Gasteiger charge is -2.42. The number of fused-ring (bicyclic) bond motifs is 3. The molecule has 1 amide bonds. The number of rotatable bonds is 4. The fraction of sp³-hybridized carbons (Fsp3) is 0.192. The Hall–Kier alpha value is -3.94. The highest BCUT2D eigenvalue weighted by molar-refractivity contribution is 8.00. The van der Waals surface area contributed by atoms with Gasteiger partial charge in [0, 0.05) is 34.7 Å². The molecule has 1 spiro atoms. The summed E-state index contributed by atoms with van der Waals surface area (Å²) in [6, 6.07) is 19.4. The number of Topliss-reactive ketones (excluding diaryl/α,β-unsaturated/α-hetero) is 1. The minimum atomic E-state index is -1.56. The van der Waals surface area contributed by atoms with E-state index in [2.05, 4.69) is 21.6 Å². The molecule has 0 fully saturated rings. The van der Waals surface area contributed by atoms with E-state index >= 15 is 0 Å². The van der Waals surface area contributed by atoms with E-state index in [4.69, 9.17) is 5.73 Å². The van der Waals surface area contributed by atoms with E-state index in [1.165, 1.54) is 16.9 Å². The number of thioether (sulfide) groups is 1. The van der Waals surface area contributed by atoms with Crippen LogP contribution in [0.3, 0.4) is 0 Å². The first kappa shape index (κ1) is 22.5. The van der Waals surface area contributed by atoms with Gasteiger partial charge in [0.15, 0.2) is 10.1 Å². The smallest absolute Gasteiger partial charge is 0.245 e. The highest BCUT2D eigenvalue weighted by atomic mass is 32.2. The molecule has 8 nitrogen and oxygen atoms in total. The van der Waals surface area contributed by atoms with Gasteiger partial charge in [0.1, 0.15) is 17.3 Å². The number of nitrogens with two attached hydrogens (primary N) is 1. The zero-order valence-electron chi connectivity index (χ0n) is 19.0. The van der Waals surface area contributed by atoms with Gasteiger partial charge in [-0.1, -0.05) is 71.6 Å². The molecular weight excluding hydrogens is 492 g/mol. The number of carbonyl (C=O) groups is 2. The van der Waals surface area contributed by atoms with Crippen molar-refractivity contribution in [2.75, 3.05) is 10.2 Å². The van der Waals surface area contributed by atoms with Crippen LogP contribution in [-0.4, -0.2) is 21.9 Å². The van der Waals surface area contributed by atoms with Crippen molar-refractivity contribution in [3.8, 4) is 6.07 Å². The number of ketones is 1. The molecule has 0 bridgehead atoms. The van der Waals surface area contributed by atoms with Crippen molar-refractivity contribution in [1.82, 2.24) is 10.2 Å². The quantitative estimate of drug-likeness (QED) is 0.497. The van der Waals surface area contributed by atoms with Crippen molar-refractivity contribution < 1.29 is 9.59 Å². The third kappa shape index (κ3) is 3.20. The van der Waals surface area contributed by atoms with Gasteiger partial charge in [0.2, 0.25) is 11.0 Å². The van der Waals surface area contributed by atoms with Gasteiger partial charge in [-0.3, -0.25) is 14.5 Å². The van der Waals surface area contributed by atoms with Crippen LogP contribution in [0, 0.1) is 11.3 Å². The average Bonchev–Trinajstić information content (AvgIpc) is 3.47. The number of nitrogens with zero attached hydrogens (tertiary/aromatic N) is 4. The van der Waals surface area contributed by atoms with Crippen molar-refractivity contribution >= 4 is 45.6 Å².